The summed E-state index contributed by atoms with van der Waals surface area (Å²) in [5.74, 6) is -0.136. The van der Waals surface area contributed by atoms with Gasteiger partial charge in [0, 0.05) is 11.1 Å². The molecular formula is C14H10Cl2FN3. The Kier molecular flexibility index (Phi) is 3.07. The summed E-state index contributed by atoms with van der Waals surface area (Å²) in [6, 6.07) is 7.77. The number of hydrogen-bond donors (Lipinski definition) is 1. The molecule has 0 saturated heterocycles. The summed E-state index contributed by atoms with van der Waals surface area (Å²) < 4.78 is 14.9. The number of halogens is 3. The highest BCUT2D eigenvalue weighted by Crippen LogP contribution is 2.32. The summed E-state index contributed by atoms with van der Waals surface area (Å²) in [6.45, 7) is 1.86. The number of aromatic nitrogens is 2. The molecule has 0 saturated carbocycles. The maximum Gasteiger partial charge on any atom is 0.205 e. The zero-order chi connectivity index (χ0) is 14.4. The second kappa shape index (κ2) is 4.65. The lowest BCUT2D eigenvalue weighted by Gasteiger charge is -2.10. The molecular weight excluding hydrogens is 300 g/mol. The molecule has 6 heteroatoms. The van der Waals surface area contributed by atoms with E-state index in [4.69, 9.17) is 28.9 Å². The van der Waals surface area contributed by atoms with Gasteiger partial charge >= 0.3 is 0 Å². The predicted octanol–water partition coefficient (Wildman–Crippen LogP) is 4.36. The van der Waals surface area contributed by atoms with Crippen LogP contribution in [0.4, 0.5) is 10.3 Å². The molecule has 3 nitrogen and oxygen atoms in total. The Bertz CT molecular complexity index is 827. The van der Waals surface area contributed by atoms with Crippen molar-refractivity contribution in [2.24, 2.45) is 0 Å². The molecule has 2 aromatic carbocycles. The SMILES string of the molecule is Cc1cc(Cl)c(-n2c(N)nc3cc(F)ccc32)cc1Cl. The monoisotopic (exact) mass is 309 g/mol. The van der Waals surface area contributed by atoms with Gasteiger partial charge in [0.25, 0.3) is 0 Å². The highest BCUT2D eigenvalue weighted by atomic mass is 35.5. The first-order valence-electron chi connectivity index (χ1n) is 5.87. The summed E-state index contributed by atoms with van der Waals surface area (Å²) in [6.07, 6.45) is 0. The molecule has 0 amide bonds. The predicted molar refractivity (Wildman–Crippen MR) is 80.2 cm³/mol. The third kappa shape index (κ3) is 2.01. The van der Waals surface area contributed by atoms with Crippen LogP contribution in [0.1, 0.15) is 5.56 Å². The maximum absolute atomic E-state index is 13.2. The van der Waals surface area contributed by atoms with Crippen LogP contribution in [0, 0.1) is 12.7 Å². The number of nitrogen functional groups attached to an aromatic ring is 1. The van der Waals surface area contributed by atoms with E-state index in [1.165, 1.54) is 12.1 Å². The third-order valence-electron chi connectivity index (χ3n) is 3.11. The molecule has 102 valence electrons. The van der Waals surface area contributed by atoms with E-state index in [-0.39, 0.29) is 11.8 Å². The molecule has 0 aliphatic heterocycles. The Labute approximate surface area is 124 Å². The Balaban J connectivity index is 2.35. The van der Waals surface area contributed by atoms with Crippen LogP contribution in [0.5, 0.6) is 0 Å². The molecule has 0 aliphatic rings. The molecule has 20 heavy (non-hydrogen) atoms. The normalized spacial score (nSPS) is 11.2. The molecule has 3 aromatic rings. The average molecular weight is 310 g/mol. The quantitative estimate of drug-likeness (QED) is 0.725. The number of nitrogens with zero attached hydrogens (tertiary/aromatic N) is 2. The fraction of sp³-hybridized carbons (Fsp3) is 0.0714. The topological polar surface area (TPSA) is 43.8 Å². The van der Waals surface area contributed by atoms with E-state index >= 15 is 0 Å². The number of nitrogens with two attached hydrogens (primary N) is 1. The Hall–Kier alpha value is -1.78. The number of anilines is 1. The molecule has 0 unspecified atom stereocenters. The molecule has 0 atom stereocenters. The van der Waals surface area contributed by atoms with Crippen molar-refractivity contribution in [1.29, 1.82) is 0 Å². The van der Waals surface area contributed by atoms with Gasteiger partial charge in [-0.05, 0) is 36.8 Å². The van der Waals surface area contributed by atoms with Crippen molar-refractivity contribution in [2.45, 2.75) is 6.92 Å². The molecule has 0 fully saturated rings. The molecule has 1 heterocycles. The highest BCUT2D eigenvalue weighted by molar-refractivity contribution is 6.35. The van der Waals surface area contributed by atoms with E-state index < -0.39 is 0 Å². The van der Waals surface area contributed by atoms with Gasteiger partial charge in [0.1, 0.15) is 5.82 Å². The van der Waals surface area contributed by atoms with Crippen LogP contribution in [-0.4, -0.2) is 9.55 Å². The van der Waals surface area contributed by atoms with Gasteiger partial charge in [0.15, 0.2) is 0 Å². The molecule has 0 bridgehead atoms. The zero-order valence-electron chi connectivity index (χ0n) is 10.5. The van der Waals surface area contributed by atoms with Gasteiger partial charge in [0.2, 0.25) is 5.95 Å². The van der Waals surface area contributed by atoms with Crippen molar-refractivity contribution in [3.05, 3.63) is 51.8 Å². The second-order valence-electron chi connectivity index (χ2n) is 4.49. The number of hydrogen-bond acceptors (Lipinski definition) is 2. The van der Waals surface area contributed by atoms with Crippen LogP contribution in [0.2, 0.25) is 10.0 Å². The minimum absolute atomic E-state index is 0.229. The van der Waals surface area contributed by atoms with Gasteiger partial charge in [-0.1, -0.05) is 23.2 Å². The van der Waals surface area contributed by atoms with E-state index in [2.05, 4.69) is 4.98 Å². The third-order valence-corrected chi connectivity index (χ3v) is 3.82. The summed E-state index contributed by atoms with van der Waals surface area (Å²) in [7, 11) is 0. The van der Waals surface area contributed by atoms with E-state index in [1.54, 1.807) is 22.8 Å². The number of imidazole rings is 1. The first kappa shape index (κ1) is 13.2. The summed E-state index contributed by atoms with van der Waals surface area (Å²) >= 11 is 12.4. The second-order valence-corrected chi connectivity index (χ2v) is 5.31. The van der Waals surface area contributed by atoms with Gasteiger partial charge in [-0.15, -0.1) is 0 Å². The van der Waals surface area contributed by atoms with Gasteiger partial charge < -0.3 is 5.73 Å². The molecule has 2 N–H and O–H groups in total. The minimum Gasteiger partial charge on any atom is -0.369 e. The Morgan fingerprint density at radius 2 is 1.90 bits per heavy atom. The standard InChI is InChI=1S/C14H10Cl2FN3/c1-7-4-10(16)13(6-9(7)15)20-12-3-2-8(17)5-11(12)19-14(20)18/h2-6H,1H3,(H2,18,19). The lowest BCUT2D eigenvalue weighted by molar-refractivity contribution is 0.629. The summed E-state index contributed by atoms with van der Waals surface area (Å²) in [5, 5.41) is 1.08. The smallest absolute Gasteiger partial charge is 0.205 e. The number of benzene rings is 2. The van der Waals surface area contributed by atoms with Crippen molar-refractivity contribution in [2.75, 3.05) is 5.73 Å². The fourth-order valence-corrected chi connectivity index (χ4v) is 2.59. The van der Waals surface area contributed by atoms with Crippen molar-refractivity contribution in [3.63, 3.8) is 0 Å². The van der Waals surface area contributed by atoms with Crippen molar-refractivity contribution < 1.29 is 4.39 Å². The molecule has 3 rings (SSSR count). The lowest BCUT2D eigenvalue weighted by atomic mass is 10.2. The van der Waals surface area contributed by atoms with Crippen LogP contribution in [0.25, 0.3) is 16.7 Å². The molecule has 0 aliphatic carbocycles. The molecule has 1 aromatic heterocycles. The molecule has 0 radical (unpaired) electrons. The van der Waals surface area contributed by atoms with E-state index in [1.807, 2.05) is 6.92 Å². The van der Waals surface area contributed by atoms with Crippen LogP contribution in [-0.2, 0) is 0 Å². The van der Waals surface area contributed by atoms with Crippen molar-refractivity contribution >= 4 is 40.2 Å². The number of rotatable bonds is 1. The molecule has 0 spiro atoms. The van der Waals surface area contributed by atoms with Gasteiger partial charge in [-0.25, -0.2) is 9.37 Å². The number of fused-ring (bicyclic) bond motifs is 1. The zero-order valence-corrected chi connectivity index (χ0v) is 12.0. The Morgan fingerprint density at radius 3 is 2.65 bits per heavy atom. The largest absolute Gasteiger partial charge is 0.369 e. The van der Waals surface area contributed by atoms with Gasteiger partial charge in [-0.3, -0.25) is 4.57 Å². The van der Waals surface area contributed by atoms with Crippen LogP contribution >= 0.6 is 23.2 Å². The lowest BCUT2D eigenvalue weighted by Crippen LogP contribution is -2.01. The Morgan fingerprint density at radius 1 is 1.15 bits per heavy atom. The van der Waals surface area contributed by atoms with E-state index in [9.17, 15) is 4.39 Å². The van der Waals surface area contributed by atoms with Gasteiger partial charge in [-0.2, -0.15) is 0 Å². The first-order valence-corrected chi connectivity index (χ1v) is 6.62. The van der Waals surface area contributed by atoms with Crippen LogP contribution in [0.3, 0.4) is 0 Å². The van der Waals surface area contributed by atoms with E-state index in [0.29, 0.717) is 26.8 Å². The summed E-state index contributed by atoms with van der Waals surface area (Å²) in [4.78, 5) is 4.14. The van der Waals surface area contributed by atoms with Crippen LogP contribution < -0.4 is 5.73 Å². The summed E-state index contributed by atoms with van der Waals surface area (Å²) in [5.41, 5.74) is 8.55. The first-order chi connectivity index (χ1) is 9.47. The van der Waals surface area contributed by atoms with Crippen LogP contribution in [0.15, 0.2) is 30.3 Å². The van der Waals surface area contributed by atoms with Crippen molar-refractivity contribution in [3.8, 4) is 5.69 Å². The maximum atomic E-state index is 13.2. The highest BCUT2D eigenvalue weighted by Gasteiger charge is 2.14. The van der Waals surface area contributed by atoms with Gasteiger partial charge in [0.05, 0.1) is 21.7 Å². The van der Waals surface area contributed by atoms with E-state index in [0.717, 1.165) is 5.56 Å². The average Bonchev–Trinajstić information content (AvgIpc) is 2.69. The number of aryl methyl sites for hydroxylation is 1. The minimum atomic E-state index is -0.366. The van der Waals surface area contributed by atoms with Crippen molar-refractivity contribution in [1.82, 2.24) is 9.55 Å². The fourth-order valence-electron chi connectivity index (χ4n) is 2.13.